The summed E-state index contributed by atoms with van der Waals surface area (Å²) in [5, 5.41) is 3.12. The van der Waals surface area contributed by atoms with Crippen LogP contribution in [-0.2, 0) is 14.8 Å². The highest BCUT2D eigenvalue weighted by atomic mass is 35.5. The largest absolute Gasteiger partial charge is 0.354 e. The third-order valence-corrected chi connectivity index (χ3v) is 6.09. The number of hydrogen-bond acceptors (Lipinski definition) is 4. The minimum absolute atomic E-state index is 0. The van der Waals surface area contributed by atoms with Crippen LogP contribution in [0.2, 0.25) is 5.02 Å². The molecule has 0 aliphatic heterocycles. The van der Waals surface area contributed by atoms with Gasteiger partial charge in [-0.05, 0) is 38.0 Å². The Bertz CT molecular complexity index is 696. The summed E-state index contributed by atoms with van der Waals surface area (Å²) in [6, 6.07) is 6.03. The number of halogens is 2. The Labute approximate surface area is 160 Å². The molecule has 0 spiro atoms. The van der Waals surface area contributed by atoms with Gasteiger partial charge in [0.25, 0.3) is 0 Å². The topological polar surface area (TPSA) is 101 Å². The lowest BCUT2D eigenvalue weighted by molar-refractivity contribution is -0.128. The Kier molecular flexibility index (Phi) is 8.15. The molecule has 4 N–H and O–H groups in total. The molecule has 1 saturated carbocycles. The summed E-state index contributed by atoms with van der Waals surface area (Å²) in [7, 11) is -3.64. The molecule has 1 aliphatic carbocycles. The van der Waals surface area contributed by atoms with E-state index in [4.69, 9.17) is 17.3 Å². The van der Waals surface area contributed by atoms with Crippen LogP contribution < -0.4 is 15.8 Å². The quantitative estimate of drug-likeness (QED) is 0.625. The molecule has 6 nitrogen and oxygen atoms in total. The van der Waals surface area contributed by atoms with Crippen molar-refractivity contribution < 1.29 is 13.2 Å². The standard InChI is InChI=1S/C16H24ClN3O3S.ClH/c1-16(18)8-3-2-7-14(16)15(21)19-9-10-20-24(22,23)13-6-4-5-12(17)11-13;/h4-6,11,14,20H,2-3,7-10,18H2,1H3,(H,19,21);1H. The molecule has 1 amide bonds. The Balaban J connectivity index is 0.00000312. The Morgan fingerprint density at radius 1 is 1.36 bits per heavy atom. The van der Waals surface area contributed by atoms with Crippen molar-refractivity contribution in [3.05, 3.63) is 29.3 Å². The number of nitrogens with one attached hydrogen (secondary N) is 2. The van der Waals surface area contributed by atoms with Crippen molar-refractivity contribution in [2.45, 2.75) is 43.0 Å². The molecule has 0 bridgehead atoms. The second-order valence-corrected chi connectivity index (χ2v) is 8.65. The van der Waals surface area contributed by atoms with Crippen molar-refractivity contribution in [1.29, 1.82) is 0 Å². The molecule has 0 heterocycles. The molecule has 25 heavy (non-hydrogen) atoms. The van der Waals surface area contributed by atoms with Crippen molar-refractivity contribution in [3.8, 4) is 0 Å². The van der Waals surface area contributed by atoms with Crippen LogP contribution in [0.1, 0.15) is 32.6 Å². The SMILES string of the molecule is CC1(N)CCCCC1C(=O)NCCNS(=O)(=O)c1cccc(Cl)c1.Cl. The van der Waals surface area contributed by atoms with E-state index in [9.17, 15) is 13.2 Å². The van der Waals surface area contributed by atoms with Crippen molar-refractivity contribution in [3.63, 3.8) is 0 Å². The maximum atomic E-state index is 12.3. The van der Waals surface area contributed by atoms with Gasteiger partial charge in [0.1, 0.15) is 0 Å². The molecule has 0 radical (unpaired) electrons. The first-order valence-electron chi connectivity index (χ1n) is 8.04. The molecule has 2 rings (SSSR count). The summed E-state index contributed by atoms with van der Waals surface area (Å²) in [6.07, 6.45) is 3.63. The van der Waals surface area contributed by atoms with Crippen LogP contribution in [0.4, 0.5) is 0 Å². The van der Waals surface area contributed by atoms with Gasteiger partial charge in [-0.2, -0.15) is 0 Å². The summed E-state index contributed by atoms with van der Waals surface area (Å²) >= 11 is 5.81. The van der Waals surface area contributed by atoms with Crippen LogP contribution in [0.25, 0.3) is 0 Å². The van der Waals surface area contributed by atoms with E-state index >= 15 is 0 Å². The van der Waals surface area contributed by atoms with Gasteiger partial charge in [0.2, 0.25) is 15.9 Å². The second kappa shape index (κ2) is 9.19. The summed E-state index contributed by atoms with van der Waals surface area (Å²) in [5.41, 5.74) is 5.70. The lowest BCUT2D eigenvalue weighted by Gasteiger charge is -2.37. The normalized spacial score (nSPS) is 23.6. The van der Waals surface area contributed by atoms with Crippen molar-refractivity contribution in [2.75, 3.05) is 13.1 Å². The molecular weight excluding hydrogens is 385 g/mol. The van der Waals surface area contributed by atoms with Gasteiger partial charge in [0.15, 0.2) is 0 Å². The maximum Gasteiger partial charge on any atom is 0.240 e. The number of hydrogen-bond donors (Lipinski definition) is 3. The van der Waals surface area contributed by atoms with Crippen molar-refractivity contribution in [1.82, 2.24) is 10.0 Å². The summed E-state index contributed by atoms with van der Waals surface area (Å²) in [6.45, 7) is 2.22. The van der Waals surface area contributed by atoms with Crippen molar-refractivity contribution in [2.24, 2.45) is 11.7 Å². The fraction of sp³-hybridized carbons (Fsp3) is 0.562. The molecule has 2 atom stereocenters. The minimum Gasteiger partial charge on any atom is -0.354 e. The molecule has 1 aromatic carbocycles. The summed E-state index contributed by atoms with van der Waals surface area (Å²) in [4.78, 5) is 12.4. The zero-order chi connectivity index (χ0) is 17.8. The Hall–Kier alpha value is -0.860. The number of carbonyl (C=O) groups excluding carboxylic acids is 1. The highest BCUT2D eigenvalue weighted by Crippen LogP contribution is 2.31. The van der Waals surface area contributed by atoms with Crippen LogP contribution in [-0.4, -0.2) is 33.0 Å². The number of benzene rings is 1. The van der Waals surface area contributed by atoms with Gasteiger partial charge >= 0.3 is 0 Å². The first-order chi connectivity index (χ1) is 11.2. The lowest BCUT2D eigenvalue weighted by atomic mass is 9.74. The van der Waals surface area contributed by atoms with Gasteiger partial charge in [-0.3, -0.25) is 4.79 Å². The van der Waals surface area contributed by atoms with Gasteiger partial charge < -0.3 is 11.1 Å². The van der Waals surface area contributed by atoms with Crippen LogP contribution in [0, 0.1) is 5.92 Å². The zero-order valence-corrected chi connectivity index (χ0v) is 16.5. The van der Waals surface area contributed by atoms with E-state index < -0.39 is 15.6 Å². The Morgan fingerprint density at radius 2 is 2.08 bits per heavy atom. The number of rotatable bonds is 6. The molecule has 1 aliphatic rings. The van der Waals surface area contributed by atoms with Crippen molar-refractivity contribution >= 4 is 39.9 Å². The van der Waals surface area contributed by atoms with E-state index in [1.165, 1.54) is 12.1 Å². The first-order valence-corrected chi connectivity index (χ1v) is 9.90. The minimum atomic E-state index is -3.64. The van der Waals surface area contributed by atoms with Gasteiger partial charge in [0.05, 0.1) is 10.8 Å². The third kappa shape index (κ3) is 6.11. The zero-order valence-electron chi connectivity index (χ0n) is 14.1. The maximum absolute atomic E-state index is 12.3. The predicted molar refractivity (Wildman–Crippen MR) is 101 cm³/mol. The van der Waals surface area contributed by atoms with Crippen LogP contribution in [0.15, 0.2) is 29.2 Å². The number of amides is 1. The van der Waals surface area contributed by atoms with E-state index in [1.807, 2.05) is 6.92 Å². The molecule has 9 heteroatoms. The first kappa shape index (κ1) is 22.2. The predicted octanol–water partition coefficient (Wildman–Crippen LogP) is 2.06. The molecule has 0 aromatic heterocycles. The van der Waals surface area contributed by atoms with Crippen LogP contribution in [0.3, 0.4) is 0 Å². The lowest BCUT2D eigenvalue weighted by Crippen LogP contribution is -2.53. The molecule has 1 fully saturated rings. The molecular formula is C16H25Cl2N3O3S. The van der Waals surface area contributed by atoms with Gasteiger partial charge in [0, 0.05) is 23.7 Å². The molecule has 2 unspecified atom stereocenters. The molecule has 0 saturated heterocycles. The van der Waals surface area contributed by atoms with E-state index in [2.05, 4.69) is 10.0 Å². The number of nitrogens with two attached hydrogens (primary N) is 1. The van der Waals surface area contributed by atoms with Gasteiger partial charge in [-0.25, -0.2) is 13.1 Å². The van der Waals surface area contributed by atoms with Crippen LogP contribution in [0.5, 0.6) is 0 Å². The molecule has 1 aromatic rings. The summed E-state index contributed by atoms with van der Waals surface area (Å²) in [5.74, 6) is -0.336. The monoisotopic (exact) mass is 409 g/mol. The fourth-order valence-corrected chi connectivity index (χ4v) is 4.33. The number of carbonyl (C=O) groups is 1. The van der Waals surface area contributed by atoms with Gasteiger partial charge in [-0.15, -0.1) is 12.4 Å². The average molecular weight is 410 g/mol. The third-order valence-electron chi connectivity index (χ3n) is 4.39. The average Bonchev–Trinajstić information content (AvgIpc) is 2.51. The van der Waals surface area contributed by atoms with E-state index in [-0.39, 0.29) is 42.2 Å². The van der Waals surface area contributed by atoms with E-state index in [0.29, 0.717) is 5.02 Å². The fourth-order valence-electron chi connectivity index (χ4n) is 3.00. The number of sulfonamides is 1. The summed E-state index contributed by atoms with van der Waals surface area (Å²) < 4.78 is 26.7. The van der Waals surface area contributed by atoms with E-state index in [1.54, 1.807) is 12.1 Å². The Morgan fingerprint density at radius 3 is 2.72 bits per heavy atom. The highest BCUT2D eigenvalue weighted by Gasteiger charge is 2.37. The molecule has 142 valence electrons. The second-order valence-electron chi connectivity index (χ2n) is 6.45. The highest BCUT2D eigenvalue weighted by molar-refractivity contribution is 7.89. The van der Waals surface area contributed by atoms with Crippen LogP contribution >= 0.6 is 24.0 Å². The van der Waals surface area contributed by atoms with E-state index in [0.717, 1.165) is 25.7 Å². The van der Waals surface area contributed by atoms with Gasteiger partial charge in [-0.1, -0.05) is 30.5 Å². The smallest absolute Gasteiger partial charge is 0.240 e.